The second-order valence-corrected chi connectivity index (χ2v) is 9.89. The van der Waals surface area contributed by atoms with Crippen molar-refractivity contribution in [3.05, 3.63) is 63.2 Å². The number of hydrogen-bond donors (Lipinski definition) is 9. The van der Waals surface area contributed by atoms with Crippen LogP contribution in [0.15, 0.2) is 46.2 Å². The Bertz CT molecular complexity index is 1430. The molecular weight excluding hydrogens is 576 g/mol. The summed E-state index contributed by atoms with van der Waals surface area (Å²) in [7, 11) is 0. The van der Waals surface area contributed by atoms with Crippen LogP contribution in [0.5, 0.6) is 0 Å². The molecule has 5 unspecified atom stereocenters. The number of aliphatic carboxylic acids is 2. The Labute approximate surface area is 242 Å². The van der Waals surface area contributed by atoms with Gasteiger partial charge in [-0.25, -0.2) is 9.59 Å². The van der Waals surface area contributed by atoms with E-state index in [0.717, 1.165) is 16.8 Å². The van der Waals surface area contributed by atoms with Gasteiger partial charge >= 0.3 is 17.6 Å². The number of amides is 2. The van der Waals surface area contributed by atoms with Crippen LogP contribution in [0.3, 0.4) is 0 Å². The third kappa shape index (κ3) is 7.87. The maximum absolute atomic E-state index is 13.4. The Hall–Kier alpha value is -4.49. The molecule has 3 heterocycles. The zero-order valence-corrected chi connectivity index (χ0v) is 22.6. The Morgan fingerprint density at radius 1 is 1.09 bits per heavy atom. The Balaban J connectivity index is 1.91. The molecule has 0 spiro atoms. The standard InChI is InChI=1S/C25H32N6O12/c1-10(17(35)11-4-2-3-8-27-11)15(26)21(38)30-16(22(39)28-12(24(40)41)5-6-14(33)34)20-18(36)19(37)23(43-20)31-9-7-13(32)29-25(31)42/h2-4,7-10,12,15-20,23,35-37H,5-6,26H2,1H3,(H,28,39)(H,30,38)(H,33,34)(H,40,41)(H,29,32,42)/t10?,12?,15?,16?,17?,18-,19+,20+,23+/m0/s1. The maximum Gasteiger partial charge on any atom is 0.330 e. The third-order valence-corrected chi connectivity index (χ3v) is 6.93. The zero-order chi connectivity index (χ0) is 32.0. The molecular formula is C25H32N6O12. The van der Waals surface area contributed by atoms with Gasteiger partial charge in [-0.15, -0.1) is 0 Å². The molecule has 0 aliphatic carbocycles. The van der Waals surface area contributed by atoms with Gasteiger partial charge in [0.05, 0.1) is 11.7 Å². The van der Waals surface area contributed by atoms with Crippen molar-refractivity contribution in [1.82, 2.24) is 25.2 Å². The first-order chi connectivity index (χ1) is 20.2. The van der Waals surface area contributed by atoms with Gasteiger partial charge in [-0.2, -0.15) is 0 Å². The lowest BCUT2D eigenvalue weighted by Crippen LogP contribution is -2.61. The van der Waals surface area contributed by atoms with E-state index >= 15 is 0 Å². The number of aromatic amines is 1. The number of nitrogens with zero attached hydrogens (tertiary/aromatic N) is 2. The smallest absolute Gasteiger partial charge is 0.330 e. The molecule has 1 saturated heterocycles. The van der Waals surface area contributed by atoms with E-state index in [-0.39, 0.29) is 5.69 Å². The van der Waals surface area contributed by atoms with Gasteiger partial charge < -0.3 is 46.6 Å². The van der Waals surface area contributed by atoms with E-state index in [0.29, 0.717) is 0 Å². The molecule has 1 aliphatic rings. The molecule has 234 valence electrons. The highest BCUT2D eigenvalue weighted by Crippen LogP contribution is 2.31. The monoisotopic (exact) mass is 608 g/mol. The first-order valence-electron chi connectivity index (χ1n) is 13.0. The highest BCUT2D eigenvalue weighted by molar-refractivity contribution is 5.92. The SMILES string of the molecule is CC(C(N)C(=O)NC(C(=O)NC(CCC(=O)O)C(=O)O)[C@H]1O[C@@H](n2ccc(=O)[nH]c2=O)[C@H](O)[C@@H]1O)C(O)c1ccccn1. The summed E-state index contributed by atoms with van der Waals surface area (Å²) >= 11 is 0. The second-order valence-electron chi connectivity index (χ2n) is 9.89. The first kappa shape index (κ1) is 33.0. The van der Waals surface area contributed by atoms with Crippen LogP contribution in [0.25, 0.3) is 0 Å². The molecule has 0 bridgehead atoms. The number of aliphatic hydroxyl groups is 3. The summed E-state index contributed by atoms with van der Waals surface area (Å²) < 4.78 is 6.32. The Kier molecular flexibility index (Phi) is 10.8. The predicted molar refractivity (Wildman–Crippen MR) is 142 cm³/mol. The van der Waals surface area contributed by atoms with Crippen molar-refractivity contribution in [2.24, 2.45) is 11.7 Å². The molecule has 1 aliphatic heterocycles. The van der Waals surface area contributed by atoms with Gasteiger partial charge in [0.25, 0.3) is 5.56 Å². The third-order valence-electron chi connectivity index (χ3n) is 6.93. The maximum atomic E-state index is 13.4. The number of nitrogens with two attached hydrogens (primary N) is 1. The number of hydrogen-bond acceptors (Lipinski definition) is 12. The lowest BCUT2D eigenvalue weighted by molar-refractivity contribution is -0.145. The Morgan fingerprint density at radius 2 is 1.79 bits per heavy atom. The predicted octanol–water partition coefficient (Wildman–Crippen LogP) is -3.83. The van der Waals surface area contributed by atoms with E-state index < -0.39 is 103 Å². The fraction of sp³-hybridized carbons (Fsp3) is 0.480. The van der Waals surface area contributed by atoms with E-state index in [1.165, 1.54) is 19.2 Å². The quantitative estimate of drug-likeness (QED) is 0.105. The van der Waals surface area contributed by atoms with Crippen LogP contribution < -0.4 is 27.6 Å². The van der Waals surface area contributed by atoms with Gasteiger partial charge in [-0.05, 0) is 18.6 Å². The van der Waals surface area contributed by atoms with E-state index in [1.807, 2.05) is 4.98 Å². The molecule has 3 rings (SSSR count). The summed E-state index contributed by atoms with van der Waals surface area (Å²) in [4.78, 5) is 78.9. The molecule has 0 radical (unpaired) electrons. The summed E-state index contributed by atoms with van der Waals surface area (Å²) in [5.41, 5.74) is 4.46. The molecule has 43 heavy (non-hydrogen) atoms. The number of rotatable bonds is 13. The summed E-state index contributed by atoms with van der Waals surface area (Å²) in [5.74, 6) is -6.26. The molecule has 18 heteroatoms. The van der Waals surface area contributed by atoms with Crippen molar-refractivity contribution in [2.45, 2.75) is 68.5 Å². The lowest BCUT2D eigenvalue weighted by atomic mass is 9.92. The number of carbonyl (C=O) groups is 4. The minimum absolute atomic E-state index is 0.196. The fourth-order valence-corrected chi connectivity index (χ4v) is 4.41. The van der Waals surface area contributed by atoms with Crippen LogP contribution >= 0.6 is 0 Å². The minimum Gasteiger partial charge on any atom is -0.481 e. The number of carboxylic acid groups (broad SMARTS) is 2. The number of pyridine rings is 1. The summed E-state index contributed by atoms with van der Waals surface area (Å²) in [6.07, 6.45) is -7.48. The molecule has 2 amide bonds. The lowest BCUT2D eigenvalue weighted by Gasteiger charge is -2.30. The topological polar surface area (TPSA) is 296 Å². The first-order valence-corrected chi connectivity index (χ1v) is 13.0. The van der Waals surface area contributed by atoms with Gasteiger partial charge in [-0.1, -0.05) is 13.0 Å². The summed E-state index contributed by atoms with van der Waals surface area (Å²) in [6, 6.07) is 0.412. The number of carbonyl (C=O) groups excluding carboxylic acids is 2. The molecule has 10 N–H and O–H groups in total. The molecule has 18 nitrogen and oxygen atoms in total. The molecule has 0 aromatic carbocycles. The van der Waals surface area contributed by atoms with Crippen LogP contribution in [0.2, 0.25) is 0 Å². The second kappa shape index (κ2) is 14.1. The van der Waals surface area contributed by atoms with E-state index in [4.69, 9.17) is 15.6 Å². The van der Waals surface area contributed by atoms with Crippen LogP contribution in [0.4, 0.5) is 0 Å². The number of aliphatic hydroxyl groups excluding tert-OH is 3. The number of aromatic nitrogens is 3. The van der Waals surface area contributed by atoms with Gasteiger partial charge in [0.1, 0.15) is 36.5 Å². The number of H-pyrrole nitrogens is 1. The van der Waals surface area contributed by atoms with E-state index in [1.54, 1.807) is 12.1 Å². The zero-order valence-electron chi connectivity index (χ0n) is 22.6. The normalized spacial score (nSPS) is 23.4. The largest absolute Gasteiger partial charge is 0.481 e. The minimum atomic E-state index is -1.96. The molecule has 2 aromatic heterocycles. The molecule has 1 fully saturated rings. The van der Waals surface area contributed by atoms with Crippen molar-refractivity contribution >= 4 is 23.8 Å². The van der Waals surface area contributed by atoms with Crippen molar-refractivity contribution in [2.75, 3.05) is 0 Å². The van der Waals surface area contributed by atoms with Crippen molar-refractivity contribution in [3.63, 3.8) is 0 Å². The molecule has 9 atom stereocenters. The van der Waals surface area contributed by atoms with Crippen LogP contribution in [0.1, 0.15) is 37.8 Å². The van der Waals surface area contributed by atoms with Gasteiger partial charge in [-0.3, -0.25) is 33.7 Å². The summed E-state index contributed by atoms with van der Waals surface area (Å²) in [6.45, 7) is 1.42. The average molecular weight is 609 g/mol. The van der Waals surface area contributed by atoms with Crippen LogP contribution in [-0.2, 0) is 23.9 Å². The van der Waals surface area contributed by atoms with Crippen molar-refractivity contribution in [3.8, 4) is 0 Å². The van der Waals surface area contributed by atoms with Gasteiger partial charge in [0.2, 0.25) is 11.8 Å². The van der Waals surface area contributed by atoms with Crippen LogP contribution in [0, 0.1) is 5.92 Å². The van der Waals surface area contributed by atoms with Gasteiger partial charge in [0, 0.05) is 30.8 Å². The van der Waals surface area contributed by atoms with Crippen molar-refractivity contribution in [1.29, 1.82) is 0 Å². The highest BCUT2D eigenvalue weighted by atomic mass is 16.6. The summed E-state index contributed by atoms with van der Waals surface area (Å²) in [5, 5.41) is 54.9. The number of nitrogens with one attached hydrogen (secondary N) is 3. The van der Waals surface area contributed by atoms with Crippen LogP contribution in [-0.4, -0.2) is 100 Å². The number of ether oxygens (including phenoxy) is 1. The molecule has 0 saturated carbocycles. The Morgan fingerprint density at radius 3 is 2.37 bits per heavy atom. The number of carboxylic acids is 2. The van der Waals surface area contributed by atoms with Crippen molar-refractivity contribution < 1.29 is 49.4 Å². The highest BCUT2D eigenvalue weighted by Gasteiger charge is 2.50. The van der Waals surface area contributed by atoms with E-state index in [9.17, 15) is 49.2 Å². The van der Waals surface area contributed by atoms with E-state index in [2.05, 4.69) is 15.6 Å². The average Bonchev–Trinajstić information content (AvgIpc) is 3.25. The fourth-order valence-electron chi connectivity index (χ4n) is 4.41. The molecule has 2 aromatic rings. The van der Waals surface area contributed by atoms with Gasteiger partial charge in [0.15, 0.2) is 6.23 Å².